The van der Waals surface area contributed by atoms with Gasteiger partial charge in [0.1, 0.15) is 0 Å². The number of pyridine rings is 1. The van der Waals surface area contributed by atoms with Crippen molar-refractivity contribution >= 4 is 21.7 Å². The summed E-state index contributed by atoms with van der Waals surface area (Å²) in [5.74, 6) is -0.886. The molecule has 0 saturated heterocycles. The first-order valence-electron chi connectivity index (χ1n) is 3.00. The number of aromatic nitrogens is 1. The van der Waals surface area contributed by atoms with Gasteiger partial charge in [-0.2, -0.15) is 0 Å². The quantitative estimate of drug-likeness (QED) is 0.447. The van der Waals surface area contributed by atoms with E-state index in [1.807, 2.05) is 0 Å². The molecule has 1 rings (SSSR count). The molecule has 0 fully saturated rings. The average Bonchev–Trinajstić information content (AvgIpc) is 2.05. The highest BCUT2D eigenvalue weighted by atomic mass is 79.9. The summed E-state index contributed by atoms with van der Waals surface area (Å²) in [6.45, 7) is 0. The fourth-order valence-corrected chi connectivity index (χ4v) is 1.10. The number of nitro groups is 1. The molecule has 0 aromatic carbocycles. The van der Waals surface area contributed by atoms with Crippen molar-refractivity contribution in [2.75, 3.05) is 0 Å². The van der Waals surface area contributed by atoms with Crippen molar-refractivity contribution < 1.29 is 9.31 Å². The number of hydrogen-bond acceptors (Lipinski definition) is 3. The maximum absolute atomic E-state index is 12.7. The van der Waals surface area contributed by atoms with E-state index < -0.39 is 10.7 Å². The van der Waals surface area contributed by atoms with Gasteiger partial charge in [-0.1, -0.05) is 15.9 Å². The largest absolute Gasteiger partial charge is 0.363 e. The molecular weight excluding hydrogens is 231 g/mol. The molecule has 1 aromatic heterocycles. The Morgan fingerprint density at radius 3 is 2.92 bits per heavy atom. The van der Waals surface area contributed by atoms with E-state index in [1.54, 1.807) is 0 Å². The molecule has 0 unspecified atom stereocenters. The van der Waals surface area contributed by atoms with E-state index in [9.17, 15) is 14.5 Å². The predicted octanol–water partition coefficient (Wildman–Crippen LogP) is 2.02. The Hall–Kier alpha value is -1.04. The highest BCUT2D eigenvalue weighted by Crippen LogP contribution is 2.15. The van der Waals surface area contributed by atoms with Crippen LogP contribution in [0, 0.1) is 15.9 Å². The molecule has 0 N–H and O–H groups in total. The molecule has 0 amide bonds. The maximum atomic E-state index is 12.7. The zero-order chi connectivity index (χ0) is 9.14. The average molecular weight is 235 g/mol. The van der Waals surface area contributed by atoms with E-state index >= 15 is 0 Å². The van der Waals surface area contributed by atoms with Crippen molar-refractivity contribution in [1.82, 2.24) is 4.98 Å². The smallest absolute Gasteiger partial charge is 0.358 e. The number of rotatable bonds is 2. The lowest BCUT2D eigenvalue weighted by Gasteiger charge is -1.95. The van der Waals surface area contributed by atoms with Crippen LogP contribution in [0.5, 0.6) is 0 Å². The first-order chi connectivity index (χ1) is 5.65. The van der Waals surface area contributed by atoms with Gasteiger partial charge >= 0.3 is 5.82 Å². The molecule has 1 heterocycles. The van der Waals surface area contributed by atoms with Gasteiger partial charge in [0, 0.05) is 17.0 Å². The minimum absolute atomic E-state index is 0.233. The van der Waals surface area contributed by atoms with Crippen LogP contribution in [0.25, 0.3) is 0 Å². The summed E-state index contributed by atoms with van der Waals surface area (Å²) in [6.07, 6.45) is 0.842. The molecule has 0 bridgehead atoms. The molecule has 0 saturated carbocycles. The Bertz CT molecular complexity index is 318. The van der Waals surface area contributed by atoms with E-state index in [-0.39, 0.29) is 16.7 Å². The third-order valence-corrected chi connectivity index (χ3v) is 1.86. The third kappa shape index (κ3) is 1.76. The van der Waals surface area contributed by atoms with Gasteiger partial charge in [-0.25, -0.2) is 4.39 Å². The Morgan fingerprint density at radius 2 is 2.42 bits per heavy atom. The van der Waals surface area contributed by atoms with Gasteiger partial charge in [0.15, 0.2) is 12.0 Å². The Balaban J connectivity index is 3.13. The Kier molecular flexibility index (Phi) is 2.69. The summed E-state index contributed by atoms with van der Waals surface area (Å²) in [7, 11) is 0. The molecule has 64 valence electrons. The summed E-state index contributed by atoms with van der Waals surface area (Å²) < 4.78 is 12.7. The number of halogens is 2. The van der Waals surface area contributed by atoms with Crippen LogP contribution in [0.1, 0.15) is 5.56 Å². The van der Waals surface area contributed by atoms with Gasteiger partial charge in [0.05, 0.1) is 0 Å². The SMILES string of the molecule is O=[N+]([O-])c1cc(CBr)c(F)cn1. The molecule has 0 atom stereocenters. The summed E-state index contributed by atoms with van der Waals surface area (Å²) in [5.41, 5.74) is 0.233. The lowest BCUT2D eigenvalue weighted by atomic mass is 10.3. The second-order valence-corrected chi connectivity index (χ2v) is 2.59. The molecule has 0 aliphatic rings. The van der Waals surface area contributed by atoms with Crippen molar-refractivity contribution in [2.45, 2.75) is 5.33 Å². The second-order valence-electron chi connectivity index (χ2n) is 2.02. The van der Waals surface area contributed by atoms with Crippen LogP contribution >= 0.6 is 15.9 Å². The van der Waals surface area contributed by atoms with Crippen molar-refractivity contribution in [3.63, 3.8) is 0 Å². The molecular formula is C6H4BrFN2O2. The van der Waals surface area contributed by atoms with E-state index in [2.05, 4.69) is 20.9 Å². The van der Waals surface area contributed by atoms with Gasteiger partial charge in [0.25, 0.3) is 0 Å². The highest BCUT2D eigenvalue weighted by Gasteiger charge is 2.11. The summed E-state index contributed by atoms with van der Waals surface area (Å²) in [6, 6.07) is 1.10. The Morgan fingerprint density at radius 1 is 1.75 bits per heavy atom. The highest BCUT2D eigenvalue weighted by molar-refractivity contribution is 9.08. The minimum Gasteiger partial charge on any atom is -0.358 e. The first kappa shape index (κ1) is 9.05. The van der Waals surface area contributed by atoms with Crippen molar-refractivity contribution in [1.29, 1.82) is 0 Å². The van der Waals surface area contributed by atoms with Gasteiger partial charge in [-0.15, -0.1) is 0 Å². The monoisotopic (exact) mass is 234 g/mol. The van der Waals surface area contributed by atoms with Crippen LogP contribution in [-0.4, -0.2) is 9.91 Å². The fourth-order valence-electron chi connectivity index (χ4n) is 0.670. The van der Waals surface area contributed by atoms with E-state index in [4.69, 9.17) is 0 Å². The van der Waals surface area contributed by atoms with E-state index in [0.717, 1.165) is 12.3 Å². The Labute approximate surface area is 75.7 Å². The van der Waals surface area contributed by atoms with Crippen molar-refractivity contribution in [2.24, 2.45) is 0 Å². The van der Waals surface area contributed by atoms with Crippen molar-refractivity contribution in [3.8, 4) is 0 Å². The van der Waals surface area contributed by atoms with Crippen LogP contribution in [0.3, 0.4) is 0 Å². The molecule has 6 heteroatoms. The minimum atomic E-state index is -0.661. The molecule has 1 aromatic rings. The number of nitrogens with zero attached hydrogens (tertiary/aromatic N) is 2. The number of hydrogen-bond donors (Lipinski definition) is 0. The van der Waals surface area contributed by atoms with Crippen LogP contribution < -0.4 is 0 Å². The molecule has 0 aliphatic carbocycles. The molecule has 4 nitrogen and oxygen atoms in total. The maximum Gasteiger partial charge on any atom is 0.363 e. The van der Waals surface area contributed by atoms with Crippen molar-refractivity contribution in [3.05, 3.63) is 33.8 Å². The summed E-state index contributed by atoms with van der Waals surface area (Å²) >= 11 is 3.00. The topological polar surface area (TPSA) is 56.0 Å². The molecule has 0 aliphatic heterocycles. The lowest BCUT2D eigenvalue weighted by Crippen LogP contribution is -1.95. The summed E-state index contributed by atoms with van der Waals surface area (Å²) in [5, 5.41) is 10.4. The predicted molar refractivity (Wildman–Crippen MR) is 43.5 cm³/mol. The van der Waals surface area contributed by atoms with Gasteiger partial charge < -0.3 is 10.1 Å². The summed E-state index contributed by atoms with van der Waals surface area (Å²) in [4.78, 5) is 12.8. The van der Waals surface area contributed by atoms with Crippen LogP contribution in [0.4, 0.5) is 10.2 Å². The first-order valence-corrected chi connectivity index (χ1v) is 4.12. The lowest BCUT2D eigenvalue weighted by molar-refractivity contribution is -0.389. The third-order valence-electron chi connectivity index (χ3n) is 1.25. The zero-order valence-electron chi connectivity index (χ0n) is 5.83. The van der Waals surface area contributed by atoms with Crippen LogP contribution in [-0.2, 0) is 5.33 Å². The standard InChI is InChI=1S/C6H4BrFN2O2/c7-2-4-1-6(10(11)12)9-3-5(4)8/h1,3H,2H2. The molecule has 0 spiro atoms. The van der Waals surface area contributed by atoms with E-state index in [0.29, 0.717) is 0 Å². The second kappa shape index (κ2) is 3.57. The van der Waals surface area contributed by atoms with Gasteiger partial charge in [0.2, 0.25) is 0 Å². The van der Waals surface area contributed by atoms with Crippen LogP contribution in [0.2, 0.25) is 0 Å². The molecule has 0 radical (unpaired) electrons. The molecule has 12 heavy (non-hydrogen) atoms. The number of alkyl halides is 1. The normalized spacial score (nSPS) is 9.83. The fraction of sp³-hybridized carbons (Fsp3) is 0.167. The van der Waals surface area contributed by atoms with Gasteiger partial charge in [-0.05, 0) is 9.91 Å². The van der Waals surface area contributed by atoms with E-state index in [1.165, 1.54) is 0 Å². The zero-order valence-corrected chi connectivity index (χ0v) is 7.41. The van der Waals surface area contributed by atoms with Gasteiger partial charge in [-0.3, -0.25) is 0 Å². The van der Waals surface area contributed by atoms with Crippen LogP contribution in [0.15, 0.2) is 12.3 Å².